The summed E-state index contributed by atoms with van der Waals surface area (Å²) in [6.45, 7) is 4.73. The van der Waals surface area contributed by atoms with Gasteiger partial charge in [-0.15, -0.1) is 0 Å². The summed E-state index contributed by atoms with van der Waals surface area (Å²) in [5, 5.41) is 0. The summed E-state index contributed by atoms with van der Waals surface area (Å²) in [5.74, 6) is 1.86. The summed E-state index contributed by atoms with van der Waals surface area (Å²) in [7, 11) is 0. The van der Waals surface area contributed by atoms with Gasteiger partial charge >= 0.3 is 0 Å². The Balaban J connectivity index is 1.65. The fourth-order valence-electron chi connectivity index (χ4n) is 4.33. The first kappa shape index (κ1) is 12.0. The fourth-order valence-corrected chi connectivity index (χ4v) is 4.33. The first-order valence-corrected chi connectivity index (χ1v) is 7.83. The molecule has 1 N–H and O–H groups in total. The van der Waals surface area contributed by atoms with Crippen LogP contribution in [0.5, 0.6) is 0 Å². The molecule has 2 aliphatic heterocycles. The maximum atomic E-state index is 6.23. The number of piperidine rings is 1. The number of quaternary nitrogens is 1. The van der Waals surface area contributed by atoms with Crippen LogP contribution in [0.4, 0.5) is 0 Å². The summed E-state index contributed by atoms with van der Waals surface area (Å²) in [6, 6.07) is 0.922. The smallest absolute Gasteiger partial charge is 0.182 e. The maximum Gasteiger partial charge on any atom is 0.182 e. The lowest BCUT2D eigenvalue weighted by Gasteiger charge is -2.35. The molecule has 2 saturated heterocycles. The molecule has 2 nitrogen and oxygen atoms in total. The quantitative estimate of drug-likeness (QED) is 0.737. The first-order chi connectivity index (χ1) is 8.36. The summed E-state index contributed by atoms with van der Waals surface area (Å²) in [4.78, 5) is 1.78. The Labute approximate surface area is 106 Å². The number of nitrogens with one attached hydrogen (secondary N) is 1. The lowest BCUT2D eigenvalue weighted by atomic mass is 9.80. The maximum absolute atomic E-state index is 6.23. The first-order valence-electron chi connectivity index (χ1n) is 7.83. The second-order valence-electron chi connectivity index (χ2n) is 6.54. The molecule has 1 saturated carbocycles. The van der Waals surface area contributed by atoms with Crippen LogP contribution in [0.1, 0.15) is 58.3 Å². The van der Waals surface area contributed by atoms with E-state index >= 15 is 0 Å². The van der Waals surface area contributed by atoms with Crippen LogP contribution in [0.15, 0.2) is 0 Å². The van der Waals surface area contributed by atoms with E-state index in [0.29, 0.717) is 6.10 Å². The monoisotopic (exact) mass is 238 g/mol. The van der Waals surface area contributed by atoms with Crippen LogP contribution in [0.2, 0.25) is 0 Å². The van der Waals surface area contributed by atoms with E-state index in [1.807, 2.05) is 0 Å². The van der Waals surface area contributed by atoms with Crippen LogP contribution in [-0.4, -0.2) is 25.4 Å². The Morgan fingerprint density at radius 1 is 1.12 bits per heavy atom. The van der Waals surface area contributed by atoms with E-state index in [0.717, 1.165) is 24.6 Å². The van der Waals surface area contributed by atoms with Gasteiger partial charge in [0, 0.05) is 12.3 Å². The molecule has 98 valence electrons. The van der Waals surface area contributed by atoms with Gasteiger partial charge in [-0.25, -0.2) is 0 Å². The molecule has 5 atom stereocenters. The van der Waals surface area contributed by atoms with Gasteiger partial charge in [0.2, 0.25) is 0 Å². The average molecular weight is 238 g/mol. The lowest BCUT2D eigenvalue weighted by molar-refractivity contribution is -0.951. The zero-order valence-electron chi connectivity index (χ0n) is 11.3. The zero-order valence-corrected chi connectivity index (χ0v) is 11.3. The molecule has 0 aromatic carbocycles. The number of hydrogen-bond acceptors (Lipinski definition) is 1. The molecular formula is C15H28NO+. The van der Waals surface area contributed by atoms with E-state index < -0.39 is 0 Å². The SMILES string of the molecule is CC[C@@H]1CC[C@@H]2C[C@@H]3CCCC[C@H]3OC[NH+]2C1. The van der Waals surface area contributed by atoms with Crippen LogP contribution in [-0.2, 0) is 4.74 Å². The van der Waals surface area contributed by atoms with Gasteiger partial charge < -0.3 is 9.64 Å². The number of rotatable bonds is 1. The van der Waals surface area contributed by atoms with Crippen molar-refractivity contribution in [1.29, 1.82) is 0 Å². The van der Waals surface area contributed by atoms with Crippen molar-refractivity contribution in [3.63, 3.8) is 0 Å². The number of fused-ring (bicyclic) bond motifs is 2. The largest absolute Gasteiger partial charge is 0.328 e. The third-order valence-corrected chi connectivity index (χ3v) is 5.54. The van der Waals surface area contributed by atoms with Gasteiger partial charge in [0.25, 0.3) is 0 Å². The van der Waals surface area contributed by atoms with Crippen molar-refractivity contribution in [3.05, 3.63) is 0 Å². The van der Waals surface area contributed by atoms with E-state index in [9.17, 15) is 0 Å². The van der Waals surface area contributed by atoms with Gasteiger partial charge in [0.05, 0.1) is 18.7 Å². The van der Waals surface area contributed by atoms with Crippen LogP contribution < -0.4 is 4.90 Å². The van der Waals surface area contributed by atoms with Gasteiger partial charge in [0.1, 0.15) is 0 Å². The van der Waals surface area contributed by atoms with E-state index in [1.54, 1.807) is 4.90 Å². The molecule has 0 amide bonds. The Kier molecular flexibility index (Phi) is 3.72. The summed E-state index contributed by atoms with van der Waals surface area (Å²) in [5.41, 5.74) is 0. The Hall–Kier alpha value is -0.0800. The summed E-state index contributed by atoms with van der Waals surface area (Å²) in [6.07, 6.45) is 12.0. The molecule has 0 aromatic heterocycles. The molecule has 0 aromatic rings. The lowest BCUT2D eigenvalue weighted by Crippen LogP contribution is -3.17. The highest BCUT2D eigenvalue weighted by atomic mass is 16.5. The van der Waals surface area contributed by atoms with Crippen molar-refractivity contribution >= 4 is 0 Å². The van der Waals surface area contributed by atoms with Crippen LogP contribution in [0.3, 0.4) is 0 Å². The predicted octanol–water partition coefficient (Wildman–Crippen LogP) is 2.00. The van der Waals surface area contributed by atoms with Crippen molar-refractivity contribution < 1.29 is 9.64 Å². The highest BCUT2D eigenvalue weighted by Crippen LogP contribution is 2.32. The normalized spacial score (nSPS) is 46.8. The minimum absolute atomic E-state index is 0.613. The van der Waals surface area contributed by atoms with Gasteiger partial charge in [-0.2, -0.15) is 0 Å². The van der Waals surface area contributed by atoms with Gasteiger partial charge in [0.15, 0.2) is 6.73 Å². The van der Waals surface area contributed by atoms with Crippen LogP contribution in [0.25, 0.3) is 0 Å². The topological polar surface area (TPSA) is 13.7 Å². The Bertz CT molecular complexity index is 255. The van der Waals surface area contributed by atoms with Crippen LogP contribution >= 0.6 is 0 Å². The highest BCUT2D eigenvalue weighted by molar-refractivity contribution is 4.81. The number of ether oxygens (including phenoxy) is 1. The standard InChI is InChI=1S/C15H27NO/c1-2-12-7-8-14-9-13-5-3-4-6-15(13)17-11-16(14)10-12/h12-15H,2-11H2,1H3/p+1/t12-,13+,14-,15-/m1/s1. The van der Waals surface area contributed by atoms with E-state index in [1.165, 1.54) is 57.9 Å². The molecule has 3 aliphatic rings. The zero-order chi connectivity index (χ0) is 11.7. The van der Waals surface area contributed by atoms with Gasteiger partial charge in [-0.05, 0) is 38.0 Å². The van der Waals surface area contributed by atoms with E-state index in [4.69, 9.17) is 4.74 Å². The number of hydrogen-bond donors (Lipinski definition) is 1. The third kappa shape index (κ3) is 2.53. The molecule has 0 radical (unpaired) electrons. The van der Waals surface area contributed by atoms with E-state index in [2.05, 4.69) is 6.92 Å². The fraction of sp³-hybridized carbons (Fsp3) is 1.00. The highest BCUT2D eigenvalue weighted by Gasteiger charge is 2.39. The Morgan fingerprint density at radius 3 is 2.88 bits per heavy atom. The summed E-state index contributed by atoms with van der Waals surface area (Å²) >= 11 is 0. The predicted molar refractivity (Wildman–Crippen MR) is 68.9 cm³/mol. The molecule has 2 heteroatoms. The second kappa shape index (κ2) is 5.27. The Morgan fingerprint density at radius 2 is 2.00 bits per heavy atom. The van der Waals surface area contributed by atoms with Crippen molar-refractivity contribution in [2.24, 2.45) is 11.8 Å². The molecule has 0 spiro atoms. The minimum Gasteiger partial charge on any atom is -0.328 e. The average Bonchev–Trinajstić information content (AvgIpc) is 2.57. The molecular weight excluding hydrogens is 210 g/mol. The molecule has 2 heterocycles. The molecule has 1 aliphatic carbocycles. The second-order valence-corrected chi connectivity index (χ2v) is 6.54. The molecule has 17 heavy (non-hydrogen) atoms. The van der Waals surface area contributed by atoms with Crippen molar-refractivity contribution in [3.8, 4) is 0 Å². The van der Waals surface area contributed by atoms with Crippen molar-refractivity contribution in [1.82, 2.24) is 0 Å². The molecule has 3 rings (SSSR count). The van der Waals surface area contributed by atoms with Crippen molar-refractivity contribution in [2.75, 3.05) is 13.3 Å². The molecule has 0 bridgehead atoms. The van der Waals surface area contributed by atoms with Crippen molar-refractivity contribution in [2.45, 2.75) is 70.4 Å². The summed E-state index contributed by atoms with van der Waals surface area (Å²) < 4.78 is 6.23. The van der Waals surface area contributed by atoms with E-state index in [-0.39, 0.29) is 0 Å². The van der Waals surface area contributed by atoms with Crippen LogP contribution in [0, 0.1) is 11.8 Å². The van der Waals surface area contributed by atoms with Gasteiger partial charge in [-0.1, -0.05) is 19.8 Å². The molecule has 1 unspecified atom stereocenters. The molecule has 3 fully saturated rings. The minimum atomic E-state index is 0.613. The van der Waals surface area contributed by atoms with Gasteiger partial charge in [-0.3, -0.25) is 0 Å². The third-order valence-electron chi connectivity index (χ3n) is 5.54.